The number of rotatable bonds is 2. The number of para-hydroxylation sites is 1. The maximum absolute atomic E-state index is 4.52. The lowest BCUT2D eigenvalue weighted by atomic mass is 10.3. The zero-order chi connectivity index (χ0) is 13.2. The van der Waals surface area contributed by atoms with Gasteiger partial charge in [0, 0.05) is 5.69 Å². The van der Waals surface area contributed by atoms with Crippen molar-refractivity contribution in [2.24, 2.45) is 0 Å². The molecule has 5 heteroatoms. The standard InChI is InChI=1S/C14H13N5/c1-9-10(2)18-13-12(17-9)14(16-8-15-13)19-11-6-4-3-5-7-11/h3-8H,1-2H3,(H,15,16,18,19). The van der Waals surface area contributed by atoms with Crippen molar-refractivity contribution in [3.63, 3.8) is 0 Å². The summed E-state index contributed by atoms with van der Waals surface area (Å²) in [6.07, 6.45) is 1.50. The number of aromatic nitrogens is 4. The number of fused-ring (bicyclic) bond motifs is 1. The van der Waals surface area contributed by atoms with Gasteiger partial charge in [-0.05, 0) is 26.0 Å². The molecule has 0 amide bonds. The Labute approximate surface area is 110 Å². The molecular weight excluding hydrogens is 238 g/mol. The largest absolute Gasteiger partial charge is 0.338 e. The summed E-state index contributed by atoms with van der Waals surface area (Å²) in [7, 11) is 0. The first-order chi connectivity index (χ1) is 9.24. The summed E-state index contributed by atoms with van der Waals surface area (Å²) < 4.78 is 0. The highest BCUT2D eigenvalue weighted by Crippen LogP contribution is 2.20. The molecule has 5 nitrogen and oxygen atoms in total. The number of benzene rings is 1. The lowest BCUT2D eigenvalue weighted by Gasteiger charge is -2.08. The molecule has 0 spiro atoms. The Bertz CT molecular complexity index is 724. The predicted octanol–water partition coefficient (Wildman–Crippen LogP) is 2.78. The Morgan fingerprint density at radius 2 is 1.63 bits per heavy atom. The number of hydrogen-bond acceptors (Lipinski definition) is 5. The first kappa shape index (κ1) is 11.5. The molecular formula is C14H13N5. The first-order valence-electron chi connectivity index (χ1n) is 6.02. The molecule has 0 radical (unpaired) electrons. The minimum absolute atomic E-state index is 0.608. The van der Waals surface area contributed by atoms with Crippen LogP contribution < -0.4 is 5.32 Å². The maximum atomic E-state index is 4.52. The van der Waals surface area contributed by atoms with Crippen LogP contribution in [0.4, 0.5) is 11.5 Å². The highest BCUT2D eigenvalue weighted by molar-refractivity contribution is 5.84. The molecule has 0 saturated carbocycles. The van der Waals surface area contributed by atoms with Crippen molar-refractivity contribution in [1.29, 1.82) is 0 Å². The third-order valence-corrected chi connectivity index (χ3v) is 2.92. The van der Waals surface area contributed by atoms with Gasteiger partial charge in [-0.3, -0.25) is 0 Å². The SMILES string of the molecule is Cc1nc2ncnc(Nc3ccccc3)c2nc1C. The zero-order valence-corrected chi connectivity index (χ0v) is 10.8. The van der Waals surface area contributed by atoms with E-state index in [1.165, 1.54) is 6.33 Å². The van der Waals surface area contributed by atoms with Crippen LogP contribution in [0.5, 0.6) is 0 Å². The minimum Gasteiger partial charge on any atom is -0.338 e. The van der Waals surface area contributed by atoms with Gasteiger partial charge in [-0.25, -0.2) is 19.9 Å². The number of hydrogen-bond donors (Lipinski definition) is 1. The summed E-state index contributed by atoms with van der Waals surface area (Å²) in [6, 6.07) is 9.85. The predicted molar refractivity (Wildman–Crippen MR) is 74.3 cm³/mol. The van der Waals surface area contributed by atoms with Crippen LogP contribution in [0.15, 0.2) is 36.7 Å². The van der Waals surface area contributed by atoms with Crippen molar-refractivity contribution >= 4 is 22.7 Å². The average Bonchev–Trinajstić information content (AvgIpc) is 2.42. The molecule has 0 fully saturated rings. The summed E-state index contributed by atoms with van der Waals surface area (Å²) in [6.45, 7) is 3.86. The van der Waals surface area contributed by atoms with Gasteiger partial charge in [-0.1, -0.05) is 18.2 Å². The van der Waals surface area contributed by atoms with E-state index in [1.54, 1.807) is 0 Å². The first-order valence-corrected chi connectivity index (χ1v) is 6.02. The van der Waals surface area contributed by atoms with Crippen LogP contribution in [-0.2, 0) is 0 Å². The van der Waals surface area contributed by atoms with Crippen LogP contribution in [0, 0.1) is 13.8 Å². The number of nitrogens with one attached hydrogen (secondary N) is 1. The Hall–Kier alpha value is -2.56. The highest BCUT2D eigenvalue weighted by atomic mass is 15.1. The Morgan fingerprint density at radius 1 is 0.895 bits per heavy atom. The van der Waals surface area contributed by atoms with Crippen LogP contribution in [0.2, 0.25) is 0 Å². The number of nitrogens with zero attached hydrogens (tertiary/aromatic N) is 4. The highest BCUT2D eigenvalue weighted by Gasteiger charge is 2.08. The molecule has 0 bridgehead atoms. The van der Waals surface area contributed by atoms with E-state index in [1.807, 2.05) is 44.2 Å². The monoisotopic (exact) mass is 251 g/mol. The van der Waals surface area contributed by atoms with Gasteiger partial charge in [0.2, 0.25) is 0 Å². The molecule has 3 rings (SSSR count). The second kappa shape index (κ2) is 4.61. The molecule has 0 unspecified atom stereocenters. The molecule has 0 saturated heterocycles. The number of aryl methyl sites for hydroxylation is 2. The maximum Gasteiger partial charge on any atom is 0.183 e. The van der Waals surface area contributed by atoms with E-state index in [9.17, 15) is 0 Å². The summed E-state index contributed by atoms with van der Waals surface area (Å²) in [4.78, 5) is 17.4. The second-order valence-electron chi connectivity index (χ2n) is 4.28. The normalized spacial score (nSPS) is 10.6. The van der Waals surface area contributed by atoms with Crippen molar-refractivity contribution in [2.75, 3.05) is 5.32 Å². The summed E-state index contributed by atoms with van der Waals surface area (Å²) in [5.41, 5.74) is 4.03. The Balaban J connectivity index is 2.11. The molecule has 19 heavy (non-hydrogen) atoms. The van der Waals surface area contributed by atoms with E-state index in [0.717, 1.165) is 17.1 Å². The van der Waals surface area contributed by atoms with E-state index in [-0.39, 0.29) is 0 Å². The van der Waals surface area contributed by atoms with Gasteiger partial charge in [-0.15, -0.1) is 0 Å². The lowest BCUT2D eigenvalue weighted by molar-refractivity contribution is 1.06. The molecule has 3 aromatic rings. The van der Waals surface area contributed by atoms with Crippen molar-refractivity contribution in [1.82, 2.24) is 19.9 Å². The topological polar surface area (TPSA) is 63.6 Å². The van der Waals surface area contributed by atoms with E-state index < -0.39 is 0 Å². The van der Waals surface area contributed by atoms with Gasteiger partial charge < -0.3 is 5.32 Å². The van der Waals surface area contributed by atoms with Gasteiger partial charge in [0.05, 0.1) is 11.4 Å². The van der Waals surface area contributed by atoms with Gasteiger partial charge in [0.1, 0.15) is 6.33 Å². The fourth-order valence-electron chi connectivity index (χ4n) is 1.79. The van der Waals surface area contributed by atoms with E-state index in [2.05, 4.69) is 25.3 Å². The van der Waals surface area contributed by atoms with Crippen LogP contribution >= 0.6 is 0 Å². The zero-order valence-electron chi connectivity index (χ0n) is 10.8. The van der Waals surface area contributed by atoms with Crippen LogP contribution in [0.3, 0.4) is 0 Å². The van der Waals surface area contributed by atoms with Crippen molar-refractivity contribution in [2.45, 2.75) is 13.8 Å². The van der Waals surface area contributed by atoms with Crippen LogP contribution in [-0.4, -0.2) is 19.9 Å². The molecule has 0 aliphatic rings. The summed E-state index contributed by atoms with van der Waals surface area (Å²) in [5.74, 6) is 0.673. The molecule has 0 aliphatic carbocycles. The van der Waals surface area contributed by atoms with Crippen molar-refractivity contribution < 1.29 is 0 Å². The second-order valence-corrected chi connectivity index (χ2v) is 4.28. The molecule has 1 N–H and O–H groups in total. The average molecular weight is 251 g/mol. The smallest absolute Gasteiger partial charge is 0.183 e. The van der Waals surface area contributed by atoms with Crippen LogP contribution in [0.1, 0.15) is 11.4 Å². The molecule has 2 aromatic heterocycles. The minimum atomic E-state index is 0.608. The lowest BCUT2D eigenvalue weighted by Crippen LogP contribution is -2.01. The fourth-order valence-corrected chi connectivity index (χ4v) is 1.79. The summed E-state index contributed by atoms with van der Waals surface area (Å²) >= 11 is 0. The van der Waals surface area contributed by atoms with E-state index in [4.69, 9.17) is 0 Å². The Morgan fingerprint density at radius 3 is 2.42 bits per heavy atom. The molecule has 2 heterocycles. The molecule has 94 valence electrons. The quantitative estimate of drug-likeness (QED) is 0.758. The fraction of sp³-hybridized carbons (Fsp3) is 0.143. The third kappa shape index (κ3) is 2.22. The van der Waals surface area contributed by atoms with Crippen molar-refractivity contribution in [3.8, 4) is 0 Å². The van der Waals surface area contributed by atoms with Gasteiger partial charge in [0.25, 0.3) is 0 Å². The molecule has 0 aliphatic heterocycles. The van der Waals surface area contributed by atoms with Gasteiger partial charge in [-0.2, -0.15) is 0 Å². The van der Waals surface area contributed by atoms with E-state index in [0.29, 0.717) is 17.0 Å². The molecule has 1 aromatic carbocycles. The Kier molecular flexibility index (Phi) is 2.79. The third-order valence-electron chi connectivity index (χ3n) is 2.92. The van der Waals surface area contributed by atoms with Crippen molar-refractivity contribution in [3.05, 3.63) is 48.0 Å². The molecule has 0 atom stereocenters. The number of anilines is 2. The van der Waals surface area contributed by atoms with Gasteiger partial charge in [0.15, 0.2) is 17.0 Å². The van der Waals surface area contributed by atoms with Gasteiger partial charge >= 0.3 is 0 Å². The summed E-state index contributed by atoms with van der Waals surface area (Å²) in [5, 5.41) is 3.24. The van der Waals surface area contributed by atoms with Crippen LogP contribution in [0.25, 0.3) is 11.2 Å². The van der Waals surface area contributed by atoms with E-state index >= 15 is 0 Å².